The number of nitrogens with one attached hydrogen (secondary N) is 2. The summed E-state index contributed by atoms with van der Waals surface area (Å²) in [6.45, 7) is 6.21. The zero-order chi connectivity index (χ0) is 14.4. The van der Waals surface area contributed by atoms with Gasteiger partial charge in [0, 0.05) is 25.8 Å². The molecule has 0 aliphatic carbocycles. The van der Waals surface area contributed by atoms with Crippen LogP contribution in [-0.4, -0.2) is 35.6 Å². The van der Waals surface area contributed by atoms with Gasteiger partial charge >= 0.3 is 6.01 Å². The molecule has 2 aromatic rings. The van der Waals surface area contributed by atoms with Crippen molar-refractivity contribution in [2.24, 2.45) is 0 Å². The molecule has 2 heterocycles. The Morgan fingerprint density at radius 3 is 2.75 bits per heavy atom. The van der Waals surface area contributed by atoms with Gasteiger partial charge < -0.3 is 24.3 Å². The maximum atomic E-state index is 5.45. The summed E-state index contributed by atoms with van der Waals surface area (Å²) in [5.74, 6) is 1.32. The van der Waals surface area contributed by atoms with Gasteiger partial charge in [-0.3, -0.25) is 0 Å². The van der Waals surface area contributed by atoms with Gasteiger partial charge in [0.05, 0.1) is 18.8 Å². The number of hydrogen-bond acceptors (Lipinski definition) is 8. The predicted molar refractivity (Wildman–Crippen MR) is 71.2 cm³/mol. The Kier molecular flexibility index (Phi) is 5.08. The van der Waals surface area contributed by atoms with Crippen LogP contribution in [0.3, 0.4) is 0 Å². The maximum Gasteiger partial charge on any atom is 0.315 e. The Balaban J connectivity index is 1.81. The molecule has 20 heavy (non-hydrogen) atoms. The number of aromatic nitrogens is 3. The number of ether oxygens (including phenoxy) is 1. The number of nitrogens with zero attached hydrogens (tertiary/aromatic N) is 3. The Bertz CT molecular complexity index is 517. The van der Waals surface area contributed by atoms with Crippen molar-refractivity contribution < 1.29 is 13.7 Å². The maximum absolute atomic E-state index is 5.45. The van der Waals surface area contributed by atoms with E-state index in [9.17, 15) is 0 Å². The normalized spacial score (nSPS) is 10.9. The van der Waals surface area contributed by atoms with Crippen LogP contribution in [0.4, 0.5) is 6.01 Å². The van der Waals surface area contributed by atoms with E-state index >= 15 is 0 Å². The summed E-state index contributed by atoms with van der Waals surface area (Å²) in [6.07, 6.45) is 0. The first-order chi connectivity index (χ1) is 9.70. The highest BCUT2D eigenvalue weighted by atomic mass is 16.5. The Labute approximate surface area is 116 Å². The summed E-state index contributed by atoms with van der Waals surface area (Å²) in [4.78, 5) is 0. The molecule has 0 spiro atoms. The highest BCUT2D eigenvalue weighted by molar-refractivity contribution is 5.27. The van der Waals surface area contributed by atoms with Crippen LogP contribution in [0.15, 0.2) is 8.94 Å². The van der Waals surface area contributed by atoms with Gasteiger partial charge in [0.1, 0.15) is 5.76 Å². The molecule has 0 fully saturated rings. The molecule has 2 rings (SSSR count). The molecule has 2 N–H and O–H groups in total. The smallest absolute Gasteiger partial charge is 0.315 e. The van der Waals surface area contributed by atoms with E-state index in [1.54, 1.807) is 7.11 Å². The highest BCUT2D eigenvalue weighted by Crippen LogP contribution is 2.14. The minimum absolute atomic E-state index is 0.383. The van der Waals surface area contributed by atoms with Crippen LogP contribution >= 0.6 is 0 Å². The van der Waals surface area contributed by atoms with E-state index in [2.05, 4.69) is 26.0 Å². The number of hydrogen-bond donors (Lipinski definition) is 2. The van der Waals surface area contributed by atoms with Crippen molar-refractivity contribution in [1.82, 2.24) is 20.7 Å². The topological polar surface area (TPSA) is 98.2 Å². The first kappa shape index (κ1) is 14.5. The van der Waals surface area contributed by atoms with Crippen LogP contribution in [0.1, 0.15) is 22.9 Å². The third-order valence-electron chi connectivity index (χ3n) is 2.82. The van der Waals surface area contributed by atoms with E-state index < -0.39 is 0 Å². The van der Waals surface area contributed by atoms with E-state index in [4.69, 9.17) is 13.7 Å². The fourth-order valence-electron chi connectivity index (χ4n) is 1.68. The molecule has 0 saturated heterocycles. The van der Waals surface area contributed by atoms with Gasteiger partial charge in [-0.25, -0.2) is 0 Å². The van der Waals surface area contributed by atoms with Gasteiger partial charge in [-0.2, -0.15) is 0 Å². The van der Waals surface area contributed by atoms with Crippen molar-refractivity contribution in [2.45, 2.75) is 26.9 Å². The molecule has 0 radical (unpaired) electrons. The zero-order valence-electron chi connectivity index (χ0n) is 11.9. The Hall–Kier alpha value is -1.93. The van der Waals surface area contributed by atoms with Gasteiger partial charge in [0.2, 0.25) is 5.89 Å². The van der Waals surface area contributed by atoms with Crippen LogP contribution in [-0.2, 0) is 17.8 Å². The first-order valence-electron chi connectivity index (χ1n) is 6.38. The van der Waals surface area contributed by atoms with E-state index in [1.807, 2.05) is 13.8 Å². The number of aryl methyl sites for hydroxylation is 2. The summed E-state index contributed by atoms with van der Waals surface area (Å²) in [6, 6.07) is 0.383. The van der Waals surface area contributed by atoms with Crippen LogP contribution in [0, 0.1) is 13.8 Å². The minimum Gasteiger partial charge on any atom is -0.407 e. The Morgan fingerprint density at radius 1 is 1.20 bits per heavy atom. The molecule has 0 amide bonds. The van der Waals surface area contributed by atoms with E-state index in [-0.39, 0.29) is 0 Å². The summed E-state index contributed by atoms with van der Waals surface area (Å²) in [5.41, 5.74) is 1.86. The second-order valence-electron chi connectivity index (χ2n) is 4.33. The fourth-order valence-corrected chi connectivity index (χ4v) is 1.68. The fraction of sp³-hybridized carbons (Fsp3) is 0.583. The van der Waals surface area contributed by atoms with Crippen LogP contribution in [0.2, 0.25) is 0 Å². The molecule has 0 aliphatic rings. The van der Waals surface area contributed by atoms with Crippen molar-refractivity contribution in [3.63, 3.8) is 0 Å². The summed E-state index contributed by atoms with van der Waals surface area (Å²) in [5, 5.41) is 17.9. The lowest BCUT2D eigenvalue weighted by molar-refractivity contribution is 0.198. The molecule has 8 heteroatoms. The van der Waals surface area contributed by atoms with Gasteiger partial charge in [-0.05, 0) is 13.8 Å². The molecule has 0 bridgehead atoms. The molecule has 0 unspecified atom stereocenters. The SMILES string of the molecule is COCCNCc1nnc(NCc2c(C)noc2C)o1. The molecule has 0 aliphatic heterocycles. The van der Waals surface area contributed by atoms with Crippen molar-refractivity contribution in [2.75, 3.05) is 25.6 Å². The summed E-state index contributed by atoms with van der Waals surface area (Å²) < 4.78 is 15.5. The van der Waals surface area contributed by atoms with Crippen molar-refractivity contribution >= 4 is 6.01 Å². The van der Waals surface area contributed by atoms with Crippen molar-refractivity contribution in [3.8, 4) is 0 Å². The lowest BCUT2D eigenvalue weighted by Crippen LogP contribution is -2.18. The third-order valence-corrected chi connectivity index (χ3v) is 2.82. The van der Waals surface area contributed by atoms with Gasteiger partial charge in [-0.1, -0.05) is 10.3 Å². The number of methoxy groups -OCH3 is 1. The van der Waals surface area contributed by atoms with Crippen LogP contribution in [0.25, 0.3) is 0 Å². The van der Waals surface area contributed by atoms with Crippen LogP contribution < -0.4 is 10.6 Å². The average Bonchev–Trinajstić information content (AvgIpc) is 3.01. The largest absolute Gasteiger partial charge is 0.407 e. The average molecular weight is 281 g/mol. The zero-order valence-corrected chi connectivity index (χ0v) is 11.9. The number of anilines is 1. The quantitative estimate of drug-likeness (QED) is 0.692. The first-order valence-corrected chi connectivity index (χ1v) is 6.38. The minimum atomic E-state index is 0.383. The van der Waals surface area contributed by atoms with E-state index in [1.165, 1.54) is 0 Å². The van der Waals surface area contributed by atoms with Crippen molar-refractivity contribution in [3.05, 3.63) is 22.9 Å². The molecule has 2 aromatic heterocycles. The molecule has 0 atom stereocenters. The second-order valence-corrected chi connectivity index (χ2v) is 4.33. The molecular weight excluding hydrogens is 262 g/mol. The molecule has 110 valence electrons. The van der Waals surface area contributed by atoms with Gasteiger partial charge in [0.15, 0.2) is 0 Å². The molecule has 0 saturated carbocycles. The van der Waals surface area contributed by atoms with Gasteiger partial charge in [0.25, 0.3) is 0 Å². The van der Waals surface area contributed by atoms with Gasteiger partial charge in [-0.15, -0.1) is 5.10 Å². The molecular formula is C12H19N5O3. The predicted octanol–water partition coefficient (Wildman–Crippen LogP) is 1.02. The summed E-state index contributed by atoms with van der Waals surface area (Å²) in [7, 11) is 1.66. The third kappa shape index (κ3) is 3.78. The van der Waals surface area contributed by atoms with Crippen molar-refractivity contribution in [1.29, 1.82) is 0 Å². The van der Waals surface area contributed by atoms with Crippen LogP contribution in [0.5, 0.6) is 0 Å². The lowest BCUT2D eigenvalue weighted by atomic mass is 10.2. The number of rotatable bonds is 8. The molecule has 8 nitrogen and oxygen atoms in total. The standard InChI is InChI=1S/C12H19N5O3/c1-8-10(9(2)20-17-8)6-14-12-16-15-11(19-12)7-13-4-5-18-3/h13H,4-7H2,1-3H3,(H,14,16). The highest BCUT2D eigenvalue weighted by Gasteiger charge is 2.10. The monoisotopic (exact) mass is 281 g/mol. The van der Waals surface area contributed by atoms with E-state index in [0.29, 0.717) is 31.6 Å². The summed E-state index contributed by atoms with van der Waals surface area (Å²) >= 11 is 0. The molecule has 0 aromatic carbocycles. The lowest BCUT2D eigenvalue weighted by Gasteiger charge is -2.01. The van der Waals surface area contributed by atoms with E-state index in [0.717, 1.165) is 23.6 Å². The second kappa shape index (κ2) is 7.01. The Morgan fingerprint density at radius 2 is 2.05 bits per heavy atom.